The third kappa shape index (κ3) is 5.10. The first kappa shape index (κ1) is 19.1. The zero-order valence-electron chi connectivity index (χ0n) is 15.1. The predicted octanol–water partition coefficient (Wildman–Crippen LogP) is 0.349. The van der Waals surface area contributed by atoms with Gasteiger partial charge in [0.25, 0.3) is 0 Å². The highest BCUT2D eigenvalue weighted by molar-refractivity contribution is 7.89. The van der Waals surface area contributed by atoms with E-state index in [0.717, 1.165) is 5.69 Å². The molecule has 2 heterocycles. The molecule has 0 spiro atoms. The molecule has 0 atom stereocenters. The van der Waals surface area contributed by atoms with Gasteiger partial charge in [-0.05, 0) is 18.2 Å². The zero-order valence-corrected chi connectivity index (χ0v) is 15.9. The first-order chi connectivity index (χ1) is 11.8. The number of aromatic nitrogens is 2. The second-order valence-corrected chi connectivity index (χ2v) is 7.62. The molecule has 2 aromatic rings. The minimum Gasteiger partial charge on any atom is -0.356 e. The van der Waals surface area contributed by atoms with Gasteiger partial charge in [0.1, 0.15) is 0 Å². The topological polar surface area (TPSA) is 83.7 Å². The summed E-state index contributed by atoms with van der Waals surface area (Å²) in [4.78, 5) is 6.49. The molecule has 0 aromatic carbocycles. The summed E-state index contributed by atoms with van der Waals surface area (Å²) in [6.07, 6.45) is 5.27. The van der Waals surface area contributed by atoms with E-state index in [4.69, 9.17) is 0 Å². The van der Waals surface area contributed by atoms with Crippen LogP contribution in [0.2, 0.25) is 0 Å². The van der Waals surface area contributed by atoms with Crippen molar-refractivity contribution in [2.75, 3.05) is 27.2 Å². The molecule has 2 aromatic heterocycles. The van der Waals surface area contributed by atoms with E-state index < -0.39 is 10.0 Å². The van der Waals surface area contributed by atoms with Gasteiger partial charge in [-0.2, -0.15) is 0 Å². The summed E-state index contributed by atoms with van der Waals surface area (Å²) in [5, 5.41) is 3.16. The zero-order chi connectivity index (χ0) is 18.4. The van der Waals surface area contributed by atoms with E-state index in [1.54, 1.807) is 37.1 Å². The van der Waals surface area contributed by atoms with Crippen LogP contribution in [0.1, 0.15) is 5.69 Å². The first-order valence-corrected chi connectivity index (χ1v) is 9.45. The molecule has 0 aliphatic heterocycles. The van der Waals surface area contributed by atoms with Gasteiger partial charge in [-0.25, -0.2) is 13.1 Å². The van der Waals surface area contributed by atoms with Gasteiger partial charge in [0.2, 0.25) is 10.0 Å². The van der Waals surface area contributed by atoms with Gasteiger partial charge in [-0.3, -0.25) is 4.99 Å². The van der Waals surface area contributed by atoms with Crippen molar-refractivity contribution in [1.82, 2.24) is 24.1 Å². The number of hydrogen-bond acceptors (Lipinski definition) is 3. The van der Waals surface area contributed by atoms with Gasteiger partial charge in [0, 0.05) is 65.6 Å². The lowest BCUT2D eigenvalue weighted by Gasteiger charge is -2.22. The summed E-state index contributed by atoms with van der Waals surface area (Å²) in [6.45, 7) is 1.42. The lowest BCUT2D eigenvalue weighted by molar-refractivity contribution is 0.462. The number of aliphatic imine (C=N–C) groups is 1. The molecule has 0 saturated carbocycles. The van der Waals surface area contributed by atoms with Crippen molar-refractivity contribution in [2.45, 2.75) is 11.4 Å². The van der Waals surface area contributed by atoms with Gasteiger partial charge in [-0.15, -0.1) is 0 Å². The summed E-state index contributed by atoms with van der Waals surface area (Å²) >= 11 is 0. The number of rotatable bonds is 7. The van der Waals surface area contributed by atoms with Gasteiger partial charge in [0.15, 0.2) is 5.96 Å². The van der Waals surface area contributed by atoms with Crippen molar-refractivity contribution >= 4 is 16.0 Å². The minimum atomic E-state index is -3.48. The van der Waals surface area contributed by atoms with E-state index in [-0.39, 0.29) is 11.4 Å². The molecule has 0 aliphatic rings. The summed E-state index contributed by atoms with van der Waals surface area (Å²) in [7, 11) is 3.95. The number of aryl methyl sites for hydroxylation is 2. The van der Waals surface area contributed by atoms with Crippen molar-refractivity contribution in [1.29, 1.82) is 0 Å². The lowest BCUT2D eigenvalue weighted by Crippen LogP contribution is -2.42. The Balaban J connectivity index is 1.82. The smallest absolute Gasteiger partial charge is 0.242 e. The normalized spacial score (nSPS) is 12.4. The summed E-state index contributed by atoms with van der Waals surface area (Å²) < 4.78 is 30.6. The molecule has 0 radical (unpaired) electrons. The fourth-order valence-electron chi connectivity index (χ4n) is 2.44. The standard InChI is InChI=1S/C16H26N6O2S/c1-17-16(22(4)12-14-6-5-10-21(14)3)18-8-9-19-25(23,24)15-7-11-20(2)13-15/h5-7,10-11,13,19H,8-9,12H2,1-4H3,(H,17,18). The van der Waals surface area contributed by atoms with Crippen LogP contribution < -0.4 is 10.0 Å². The number of sulfonamides is 1. The number of hydrogen-bond donors (Lipinski definition) is 2. The Kier molecular flexibility index (Phi) is 6.27. The maximum absolute atomic E-state index is 12.1. The van der Waals surface area contributed by atoms with Crippen LogP contribution in [0.3, 0.4) is 0 Å². The second kappa shape index (κ2) is 8.21. The third-order valence-corrected chi connectivity index (χ3v) is 5.29. The van der Waals surface area contributed by atoms with Crippen molar-refractivity contribution in [3.63, 3.8) is 0 Å². The van der Waals surface area contributed by atoms with E-state index in [1.807, 2.05) is 31.3 Å². The van der Waals surface area contributed by atoms with Crippen LogP contribution in [0.5, 0.6) is 0 Å². The molecule has 2 N–H and O–H groups in total. The minimum absolute atomic E-state index is 0.264. The molecule has 0 bridgehead atoms. The molecule has 8 nitrogen and oxygen atoms in total. The van der Waals surface area contributed by atoms with Crippen LogP contribution in [0, 0.1) is 0 Å². The Hall–Kier alpha value is -2.26. The highest BCUT2D eigenvalue weighted by Gasteiger charge is 2.14. The van der Waals surface area contributed by atoms with E-state index in [9.17, 15) is 8.42 Å². The molecule has 2 rings (SSSR count). The fourth-order valence-corrected chi connectivity index (χ4v) is 3.53. The first-order valence-electron chi connectivity index (χ1n) is 7.97. The van der Waals surface area contributed by atoms with Crippen molar-refractivity contribution < 1.29 is 8.42 Å². The maximum atomic E-state index is 12.1. The van der Waals surface area contributed by atoms with Crippen LogP contribution in [0.4, 0.5) is 0 Å². The van der Waals surface area contributed by atoms with Gasteiger partial charge in [-0.1, -0.05) is 0 Å². The predicted molar refractivity (Wildman–Crippen MR) is 98.8 cm³/mol. The van der Waals surface area contributed by atoms with E-state index in [0.29, 0.717) is 19.0 Å². The summed E-state index contributed by atoms with van der Waals surface area (Å²) in [5.74, 6) is 0.708. The SMILES string of the molecule is CN=C(NCCNS(=O)(=O)c1ccn(C)c1)N(C)Cc1cccn1C. The molecule has 0 fully saturated rings. The van der Waals surface area contributed by atoms with Gasteiger partial charge in [0.05, 0.1) is 11.4 Å². The van der Waals surface area contributed by atoms with Gasteiger partial charge >= 0.3 is 0 Å². The summed E-state index contributed by atoms with van der Waals surface area (Å²) in [5.41, 5.74) is 1.16. The Bertz CT molecular complexity index is 821. The van der Waals surface area contributed by atoms with Crippen molar-refractivity contribution in [2.24, 2.45) is 19.1 Å². The molecule has 25 heavy (non-hydrogen) atoms. The van der Waals surface area contributed by atoms with Crippen LogP contribution in [-0.2, 0) is 30.7 Å². The maximum Gasteiger partial charge on any atom is 0.242 e. The second-order valence-electron chi connectivity index (χ2n) is 5.85. The molecule has 9 heteroatoms. The molecule has 0 unspecified atom stereocenters. The van der Waals surface area contributed by atoms with Crippen LogP contribution in [0.25, 0.3) is 0 Å². The highest BCUT2D eigenvalue weighted by Crippen LogP contribution is 2.07. The van der Waals surface area contributed by atoms with Crippen molar-refractivity contribution in [3.05, 3.63) is 42.5 Å². The fraction of sp³-hybridized carbons (Fsp3) is 0.438. The Labute approximate surface area is 149 Å². The number of nitrogens with zero attached hydrogens (tertiary/aromatic N) is 4. The van der Waals surface area contributed by atoms with Gasteiger partial charge < -0.3 is 19.4 Å². The largest absolute Gasteiger partial charge is 0.356 e. The monoisotopic (exact) mass is 366 g/mol. The molecule has 0 saturated heterocycles. The molecular formula is C16H26N6O2S. The number of guanidine groups is 1. The molecular weight excluding hydrogens is 340 g/mol. The molecule has 138 valence electrons. The van der Waals surface area contributed by atoms with E-state index in [2.05, 4.69) is 25.7 Å². The van der Waals surface area contributed by atoms with E-state index in [1.165, 1.54) is 0 Å². The summed E-state index contributed by atoms with van der Waals surface area (Å²) in [6, 6.07) is 5.62. The average molecular weight is 366 g/mol. The van der Waals surface area contributed by atoms with Crippen LogP contribution >= 0.6 is 0 Å². The Morgan fingerprint density at radius 3 is 2.56 bits per heavy atom. The van der Waals surface area contributed by atoms with E-state index >= 15 is 0 Å². The van der Waals surface area contributed by atoms with Crippen LogP contribution in [-0.4, -0.2) is 55.6 Å². The molecule has 0 aliphatic carbocycles. The third-order valence-electron chi connectivity index (χ3n) is 3.84. The van der Waals surface area contributed by atoms with Crippen LogP contribution in [0.15, 0.2) is 46.7 Å². The molecule has 0 amide bonds. The lowest BCUT2D eigenvalue weighted by atomic mass is 10.4. The Morgan fingerprint density at radius 1 is 1.24 bits per heavy atom. The van der Waals surface area contributed by atoms with Crippen molar-refractivity contribution in [3.8, 4) is 0 Å². The highest BCUT2D eigenvalue weighted by atomic mass is 32.2. The number of nitrogens with one attached hydrogen (secondary N) is 2. The average Bonchev–Trinajstić information content (AvgIpc) is 3.17. The quantitative estimate of drug-likeness (QED) is 0.421. The Morgan fingerprint density at radius 2 is 2.00 bits per heavy atom.